The second-order valence-corrected chi connectivity index (χ2v) is 7.99. The largest absolute Gasteiger partial charge is 0.354 e. The monoisotopic (exact) mass is 392 g/mol. The number of amides is 1. The fourth-order valence-corrected chi connectivity index (χ4v) is 3.86. The van der Waals surface area contributed by atoms with Crippen molar-refractivity contribution in [1.29, 1.82) is 0 Å². The first-order valence-electron chi connectivity index (χ1n) is 9.84. The molecule has 1 aliphatic rings. The lowest BCUT2D eigenvalue weighted by molar-refractivity contribution is -0.121. The highest BCUT2D eigenvalue weighted by Crippen LogP contribution is 2.21. The summed E-state index contributed by atoms with van der Waals surface area (Å²) in [5, 5.41) is 3.11. The van der Waals surface area contributed by atoms with Crippen molar-refractivity contribution in [2.45, 2.75) is 43.5 Å². The van der Waals surface area contributed by atoms with E-state index in [0.717, 1.165) is 24.2 Å². The Labute approximate surface area is 172 Å². The molecule has 28 heavy (non-hydrogen) atoms. The number of benzene rings is 2. The molecule has 0 radical (unpaired) electrons. The van der Waals surface area contributed by atoms with Crippen LogP contribution in [-0.4, -0.2) is 12.5 Å². The summed E-state index contributed by atoms with van der Waals surface area (Å²) in [5.41, 5.74) is 3.78. The van der Waals surface area contributed by atoms with E-state index in [4.69, 9.17) is 0 Å². The Morgan fingerprint density at radius 3 is 2.57 bits per heavy atom. The van der Waals surface area contributed by atoms with Crippen LogP contribution in [-0.2, 0) is 4.79 Å². The molecule has 0 aliphatic heterocycles. The minimum Gasteiger partial charge on any atom is -0.354 e. The first-order valence-corrected chi connectivity index (χ1v) is 10.7. The molecule has 0 spiro atoms. The molecule has 1 aliphatic carbocycles. The maximum atomic E-state index is 12.3. The van der Waals surface area contributed by atoms with Crippen LogP contribution in [0.1, 0.15) is 42.9 Å². The zero-order valence-electron chi connectivity index (χ0n) is 16.4. The van der Waals surface area contributed by atoms with E-state index < -0.39 is 0 Å². The molecule has 3 rings (SSSR count). The average Bonchev–Trinajstić information content (AvgIpc) is 2.75. The molecule has 0 saturated carbocycles. The van der Waals surface area contributed by atoms with Gasteiger partial charge in [0.05, 0.1) is 6.04 Å². The lowest BCUT2D eigenvalue weighted by Crippen LogP contribution is -2.32. The van der Waals surface area contributed by atoms with Gasteiger partial charge in [-0.15, -0.1) is 0 Å². The number of aryl methyl sites for hydroxylation is 1. The summed E-state index contributed by atoms with van der Waals surface area (Å²) in [6.07, 6.45) is 9.96. The first kappa shape index (κ1) is 20.4. The summed E-state index contributed by atoms with van der Waals surface area (Å²) in [6, 6.07) is 18.8. The van der Waals surface area contributed by atoms with E-state index >= 15 is 0 Å². The number of rotatable bonds is 9. The summed E-state index contributed by atoms with van der Waals surface area (Å²) in [6.45, 7) is 2.66. The predicted octanol–water partition coefficient (Wildman–Crippen LogP) is 5.51. The van der Waals surface area contributed by atoms with Gasteiger partial charge < -0.3 is 5.32 Å². The van der Waals surface area contributed by atoms with Crippen molar-refractivity contribution >= 4 is 17.9 Å². The third kappa shape index (κ3) is 6.70. The lowest BCUT2D eigenvalue weighted by atomic mass is 10.0. The Bertz CT molecular complexity index is 812. The van der Waals surface area contributed by atoms with Gasteiger partial charge in [-0.1, -0.05) is 71.8 Å². The molecule has 2 N–H and O–H groups in total. The molecule has 0 fully saturated rings. The van der Waals surface area contributed by atoms with Crippen molar-refractivity contribution in [1.82, 2.24) is 10.0 Å². The van der Waals surface area contributed by atoms with Gasteiger partial charge in [-0.3, -0.25) is 9.52 Å². The van der Waals surface area contributed by atoms with E-state index in [2.05, 4.69) is 71.6 Å². The van der Waals surface area contributed by atoms with Gasteiger partial charge in [0.1, 0.15) is 0 Å². The Morgan fingerprint density at radius 1 is 1.07 bits per heavy atom. The Hall–Kier alpha value is -2.30. The van der Waals surface area contributed by atoms with E-state index in [1.54, 1.807) is 11.9 Å². The van der Waals surface area contributed by atoms with E-state index in [1.165, 1.54) is 16.7 Å². The second kappa shape index (κ2) is 10.9. The van der Waals surface area contributed by atoms with Gasteiger partial charge in [0.2, 0.25) is 5.91 Å². The molecule has 146 valence electrons. The molecule has 2 aromatic rings. The van der Waals surface area contributed by atoms with Gasteiger partial charge in [-0.25, -0.2) is 0 Å². The quantitative estimate of drug-likeness (QED) is 0.437. The Balaban J connectivity index is 1.52. The minimum absolute atomic E-state index is 0.0493. The highest BCUT2D eigenvalue weighted by molar-refractivity contribution is 7.97. The van der Waals surface area contributed by atoms with Crippen LogP contribution in [0.5, 0.6) is 0 Å². The van der Waals surface area contributed by atoms with E-state index in [1.807, 2.05) is 18.2 Å². The van der Waals surface area contributed by atoms with E-state index in [0.29, 0.717) is 13.0 Å². The van der Waals surface area contributed by atoms with Gasteiger partial charge in [-0.2, -0.15) is 0 Å². The standard InChI is InChI=1S/C24H28N2OS/c1-19-12-15-22(16-13-19)28-26-23(21-10-6-3-7-11-21)18-25-24(27)17-14-20-8-4-2-5-9-20/h2-4,6-7,9-13,15-16,23,26H,5,8,14,17-18H2,1H3,(H,25,27)/t23-/m0/s1. The summed E-state index contributed by atoms with van der Waals surface area (Å²) in [5.74, 6) is 0.110. The van der Waals surface area contributed by atoms with Crippen LogP contribution in [0.3, 0.4) is 0 Å². The highest BCUT2D eigenvalue weighted by Gasteiger charge is 2.13. The van der Waals surface area contributed by atoms with Gasteiger partial charge in [0.25, 0.3) is 0 Å². The van der Waals surface area contributed by atoms with Crippen molar-refractivity contribution in [2.24, 2.45) is 0 Å². The van der Waals surface area contributed by atoms with E-state index in [-0.39, 0.29) is 11.9 Å². The Morgan fingerprint density at radius 2 is 1.86 bits per heavy atom. The molecule has 4 heteroatoms. The van der Waals surface area contributed by atoms with Gasteiger partial charge >= 0.3 is 0 Å². The molecule has 3 nitrogen and oxygen atoms in total. The molecule has 2 aromatic carbocycles. The van der Waals surface area contributed by atoms with Gasteiger partial charge in [0, 0.05) is 17.9 Å². The molecule has 1 amide bonds. The first-order chi connectivity index (χ1) is 13.7. The molecular formula is C24H28N2OS. The third-order valence-electron chi connectivity index (χ3n) is 4.81. The molecule has 0 unspecified atom stereocenters. The summed E-state index contributed by atoms with van der Waals surface area (Å²) < 4.78 is 3.51. The minimum atomic E-state index is 0.0493. The number of allylic oxidation sites excluding steroid dienone is 4. The lowest BCUT2D eigenvalue weighted by Gasteiger charge is -2.19. The molecule has 0 saturated heterocycles. The second-order valence-electron chi connectivity index (χ2n) is 7.07. The van der Waals surface area contributed by atoms with Crippen molar-refractivity contribution < 1.29 is 4.79 Å². The van der Waals surface area contributed by atoms with Gasteiger partial charge in [-0.05, 0) is 55.8 Å². The van der Waals surface area contributed by atoms with Crippen LogP contribution in [0.25, 0.3) is 0 Å². The molecule has 1 atom stereocenters. The maximum absolute atomic E-state index is 12.3. The number of hydrogen-bond acceptors (Lipinski definition) is 3. The zero-order valence-corrected chi connectivity index (χ0v) is 17.2. The van der Waals surface area contributed by atoms with Crippen LogP contribution in [0.15, 0.2) is 83.3 Å². The normalized spacial score (nSPS) is 14.4. The Kier molecular flexibility index (Phi) is 7.94. The fourth-order valence-electron chi connectivity index (χ4n) is 3.09. The maximum Gasteiger partial charge on any atom is 0.220 e. The third-order valence-corrected chi connectivity index (χ3v) is 5.72. The van der Waals surface area contributed by atoms with Crippen LogP contribution in [0, 0.1) is 6.92 Å². The fraction of sp³-hybridized carbons (Fsp3) is 0.292. The average molecular weight is 393 g/mol. The van der Waals surface area contributed by atoms with Crippen LogP contribution < -0.4 is 10.0 Å². The number of nitrogens with one attached hydrogen (secondary N) is 2. The predicted molar refractivity (Wildman–Crippen MR) is 118 cm³/mol. The zero-order chi connectivity index (χ0) is 19.6. The topological polar surface area (TPSA) is 41.1 Å². The van der Waals surface area contributed by atoms with Crippen molar-refractivity contribution in [3.8, 4) is 0 Å². The summed E-state index contributed by atoms with van der Waals surface area (Å²) >= 11 is 1.60. The van der Waals surface area contributed by atoms with Crippen LogP contribution in [0.4, 0.5) is 0 Å². The van der Waals surface area contributed by atoms with Gasteiger partial charge in [0.15, 0.2) is 0 Å². The molecule has 0 aromatic heterocycles. The summed E-state index contributed by atoms with van der Waals surface area (Å²) in [4.78, 5) is 13.5. The number of hydrogen-bond donors (Lipinski definition) is 2. The number of carbonyl (C=O) groups excluding carboxylic acids is 1. The highest BCUT2D eigenvalue weighted by atomic mass is 32.2. The van der Waals surface area contributed by atoms with Crippen LogP contribution >= 0.6 is 11.9 Å². The van der Waals surface area contributed by atoms with E-state index in [9.17, 15) is 4.79 Å². The molecular weight excluding hydrogens is 364 g/mol. The molecule has 0 heterocycles. The summed E-state index contributed by atoms with van der Waals surface area (Å²) in [7, 11) is 0. The SMILES string of the molecule is Cc1ccc(SN[C@@H](CNC(=O)CCC2=CCC=CC2)c2ccccc2)cc1. The number of carbonyl (C=O) groups is 1. The van der Waals surface area contributed by atoms with Crippen molar-refractivity contribution in [3.63, 3.8) is 0 Å². The van der Waals surface area contributed by atoms with Crippen molar-refractivity contribution in [2.75, 3.05) is 6.54 Å². The van der Waals surface area contributed by atoms with Crippen molar-refractivity contribution in [3.05, 3.63) is 89.5 Å². The smallest absolute Gasteiger partial charge is 0.220 e. The van der Waals surface area contributed by atoms with Crippen LogP contribution in [0.2, 0.25) is 0 Å². The molecule has 0 bridgehead atoms.